The predicted octanol–water partition coefficient (Wildman–Crippen LogP) is 3.88. The average molecular weight is 354 g/mol. The number of methoxy groups -OCH3 is 3. The Morgan fingerprint density at radius 2 is 1.46 bits per heavy atom. The van der Waals surface area contributed by atoms with E-state index in [1.165, 1.54) is 5.56 Å². The van der Waals surface area contributed by atoms with Gasteiger partial charge in [0.2, 0.25) is 0 Å². The van der Waals surface area contributed by atoms with Gasteiger partial charge < -0.3 is 19.9 Å². The Bertz CT molecular complexity index is 573. The molecule has 0 aliphatic rings. The third-order valence-electron chi connectivity index (χ3n) is 3.33. The van der Waals surface area contributed by atoms with E-state index in [1.54, 1.807) is 21.3 Å². The summed E-state index contributed by atoms with van der Waals surface area (Å²) in [6, 6.07) is 14.1. The van der Waals surface area contributed by atoms with Crippen LogP contribution in [0.5, 0.6) is 17.2 Å². The molecule has 0 amide bonds. The van der Waals surface area contributed by atoms with Crippen LogP contribution in [0.1, 0.15) is 18.1 Å². The first-order valence-electron chi connectivity index (χ1n) is 7.72. The topological polar surface area (TPSA) is 53.7 Å². The number of benzene rings is 2. The van der Waals surface area contributed by atoms with E-state index in [2.05, 4.69) is 18.2 Å². The highest BCUT2D eigenvalue weighted by atomic mass is 35.5. The van der Waals surface area contributed by atoms with E-state index in [0.29, 0.717) is 0 Å². The Kier molecular flexibility index (Phi) is 11.5. The summed E-state index contributed by atoms with van der Waals surface area (Å²) in [6.45, 7) is 2.65. The molecule has 0 radical (unpaired) electrons. The van der Waals surface area contributed by atoms with Crippen LogP contribution in [0.3, 0.4) is 0 Å². The molecule has 0 spiro atoms. The number of halogens is 1. The summed E-state index contributed by atoms with van der Waals surface area (Å²) < 4.78 is 15.9. The lowest BCUT2D eigenvalue weighted by atomic mass is 10.0. The van der Waals surface area contributed by atoms with Gasteiger partial charge in [0.15, 0.2) is 11.5 Å². The van der Waals surface area contributed by atoms with Gasteiger partial charge >= 0.3 is 0 Å². The summed E-state index contributed by atoms with van der Waals surface area (Å²) in [4.78, 5) is 0. The third-order valence-corrected chi connectivity index (χ3v) is 3.33. The van der Waals surface area contributed by atoms with E-state index in [4.69, 9.17) is 19.9 Å². The molecule has 0 heterocycles. The first-order valence-corrected chi connectivity index (χ1v) is 7.72. The number of ether oxygens (including phenoxy) is 3. The minimum atomic E-state index is 0. The molecule has 0 fully saturated rings. The zero-order chi connectivity index (χ0) is 17.1. The van der Waals surface area contributed by atoms with E-state index in [0.717, 1.165) is 42.2 Å². The largest absolute Gasteiger partial charge is 0.497 e. The van der Waals surface area contributed by atoms with Crippen molar-refractivity contribution in [2.24, 2.45) is 5.73 Å². The molecular formula is C19H28ClNO3. The van der Waals surface area contributed by atoms with Gasteiger partial charge in [0, 0.05) is 0 Å². The van der Waals surface area contributed by atoms with Crippen LogP contribution in [0.25, 0.3) is 0 Å². The van der Waals surface area contributed by atoms with Crippen molar-refractivity contribution in [3.05, 3.63) is 53.6 Å². The van der Waals surface area contributed by atoms with Gasteiger partial charge in [0.1, 0.15) is 5.75 Å². The molecule has 0 aliphatic carbocycles. The lowest BCUT2D eigenvalue weighted by Gasteiger charge is -2.12. The Labute approximate surface area is 151 Å². The van der Waals surface area contributed by atoms with Gasteiger partial charge in [-0.05, 0) is 48.7 Å². The second-order valence-corrected chi connectivity index (χ2v) is 4.91. The molecule has 0 saturated carbocycles. The summed E-state index contributed by atoms with van der Waals surface area (Å²) in [5.41, 5.74) is 7.28. The third kappa shape index (κ3) is 6.69. The zero-order valence-electron chi connectivity index (χ0n) is 14.9. The number of aryl methyl sites for hydroxylation is 2. The first kappa shape index (κ1) is 22.1. The van der Waals surface area contributed by atoms with Crippen LogP contribution in [-0.4, -0.2) is 27.9 Å². The molecule has 134 valence electrons. The summed E-state index contributed by atoms with van der Waals surface area (Å²) >= 11 is 0. The molecule has 2 aromatic rings. The van der Waals surface area contributed by atoms with Crippen LogP contribution in [0.2, 0.25) is 0 Å². The van der Waals surface area contributed by atoms with Gasteiger partial charge in [0.25, 0.3) is 0 Å². The van der Waals surface area contributed by atoms with Crippen molar-refractivity contribution in [1.29, 1.82) is 0 Å². The quantitative estimate of drug-likeness (QED) is 0.856. The standard InChI is InChI=1S/C17H20O3.C2H7N.ClH/c1-18-15-11-8-13(9-12-15)7-10-14-5-4-6-16(19-2)17(14)20-3;1-2-3;/h4-6,8-9,11-12H,7,10H2,1-3H3;2-3H2,1H3;1H. The number of nitrogens with two attached hydrogens (primary N) is 1. The summed E-state index contributed by atoms with van der Waals surface area (Å²) in [5, 5.41) is 0. The van der Waals surface area contributed by atoms with E-state index in [1.807, 2.05) is 31.2 Å². The molecular weight excluding hydrogens is 326 g/mol. The van der Waals surface area contributed by atoms with Gasteiger partial charge in [-0.3, -0.25) is 0 Å². The molecule has 2 aromatic carbocycles. The van der Waals surface area contributed by atoms with Crippen LogP contribution in [0.15, 0.2) is 42.5 Å². The lowest BCUT2D eigenvalue weighted by Crippen LogP contribution is -1.98. The van der Waals surface area contributed by atoms with Crippen molar-refractivity contribution in [2.75, 3.05) is 27.9 Å². The number of hydrogen-bond acceptors (Lipinski definition) is 4. The van der Waals surface area contributed by atoms with Crippen LogP contribution in [0, 0.1) is 0 Å². The Morgan fingerprint density at radius 3 is 1.96 bits per heavy atom. The van der Waals surface area contributed by atoms with Crippen LogP contribution >= 0.6 is 12.4 Å². The van der Waals surface area contributed by atoms with Crippen molar-refractivity contribution < 1.29 is 14.2 Å². The highest BCUT2D eigenvalue weighted by molar-refractivity contribution is 5.85. The van der Waals surface area contributed by atoms with Crippen molar-refractivity contribution in [3.63, 3.8) is 0 Å². The molecule has 0 saturated heterocycles. The molecule has 0 atom stereocenters. The fourth-order valence-electron chi connectivity index (χ4n) is 2.22. The smallest absolute Gasteiger partial charge is 0.163 e. The van der Waals surface area contributed by atoms with Gasteiger partial charge in [-0.1, -0.05) is 31.2 Å². The average Bonchev–Trinajstić information content (AvgIpc) is 2.60. The molecule has 5 heteroatoms. The summed E-state index contributed by atoms with van der Waals surface area (Å²) in [7, 11) is 5.01. The number of hydrogen-bond donors (Lipinski definition) is 1. The maximum Gasteiger partial charge on any atom is 0.163 e. The molecule has 0 aliphatic heterocycles. The lowest BCUT2D eigenvalue weighted by molar-refractivity contribution is 0.351. The zero-order valence-corrected chi connectivity index (χ0v) is 15.7. The molecule has 0 unspecified atom stereocenters. The Hall–Kier alpha value is -1.91. The fraction of sp³-hybridized carbons (Fsp3) is 0.368. The van der Waals surface area contributed by atoms with Gasteiger partial charge in [-0.15, -0.1) is 12.4 Å². The van der Waals surface area contributed by atoms with Crippen LogP contribution in [0.4, 0.5) is 0 Å². The maximum atomic E-state index is 5.45. The van der Waals surface area contributed by atoms with Crippen molar-refractivity contribution >= 4 is 12.4 Å². The highest BCUT2D eigenvalue weighted by Gasteiger charge is 2.09. The molecule has 0 bridgehead atoms. The van der Waals surface area contributed by atoms with Gasteiger partial charge in [-0.25, -0.2) is 0 Å². The van der Waals surface area contributed by atoms with Crippen molar-refractivity contribution in [1.82, 2.24) is 0 Å². The summed E-state index contributed by atoms with van der Waals surface area (Å²) in [5.74, 6) is 2.48. The molecule has 24 heavy (non-hydrogen) atoms. The minimum Gasteiger partial charge on any atom is -0.497 e. The molecule has 2 rings (SSSR count). The monoisotopic (exact) mass is 353 g/mol. The number of para-hydroxylation sites is 1. The van der Waals surface area contributed by atoms with E-state index in [9.17, 15) is 0 Å². The predicted molar refractivity (Wildman–Crippen MR) is 102 cm³/mol. The summed E-state index contributed by atoms with van der Waals surface area (Å²) in [6.07, 6.45) is 1.86. The number of rotatable bonds is 6. The fourth-order valence-corrected chi connectivity index (χ4v) is 2.22. The van der Waals surface area contributed by atoms with E-state index >= 15 is 0 Å². The Morgan fingerprint density at radius 1 is 0.833 bits per heavy atom. The highest BCUT2D eigenvalue weighted by Crippen LogP contribution is 2.31. The molecule has 0 aromatic heterocycles. The Balaban J connectivity index is 0.00000123. The van der Waals surface area contributed by atoms with Gasteiger partial charge in [0.05, 0.1) is 21.3 Å². The first-order chi connectivity index (χ1) is 11.2. The van der Waals surface area contributed by atoms with Crippen molar-refractivity contribution in [2.45, 2.75) is 19.8 Å². The van der Waals surface area contributed by atoms with E-state index in [-0.39, 0.29) is 12.4 Å². The molecule has 2 N–H and O–H groups in total. The normalized spacial score (nSPS) is 9.21. The van der Waals surface area contributed by atoms with Crippen LogP contribution < -0.4 is 19.9 Å². The molecule has 4 nitrogen and oxygen atoms in total. The second kappa shape index (κ2) is 12.5. The van der Waals surface area contributed by atoms with Gasteiger partial charge in [-0.2, -0.15) is 0 Å². The second-order valence-electron chi connectivity index (χ2n) is 4.91. The maximum absolute atomic E-state index is 5.45. The minimum absolute atomic E-state index is 0. The van der Waals surface area contributed by atoms with Crippen LogP contribution in [-0.2, 0) is 12.8 Å². The van der Waals surface area contributed by atoms with Crippen molar-refractivity contribution in [3.8, 4) is 17.2 Å². The SMILES string of the molecule is CCN.COc1ccc(CCc2cccc(OC)c2OC)cc1.Cl. The van der Waals surface area contributed by atoms with E-state index < -0.39 is 0 Å².